The van der Waals surface area contributed by atoms with Crippen molar-refractivity contribution in [1.82, 2.24) is 14.7 Å². The number of thiocarbonyl (C=S) groups is 1. The van der Waals surface area contributed by atoms with E-state index in [1.807, 2.05) is 80.7 Å². The monoisotopic (exact) mass is 475 g/mol. The van der Waals surface area contributed by atoms with Gasteiger partial charge in [0.15, 0.2) is 17.1 Å². The van der Waals surface area contributed by atoms with E-state index in [9.17, 15) is 4.79 Å². The Bertz CT molecular complexity index is 1400. The van der Waals surface area contributed by atoms with E-state index in [0.717, 1.165) is 16.6 Å². The fourth-order valence-corrected chi connectivity index (χ4v) is 5.29. The van der Waals surface area contributed by atoms with Crippen LogP contribution >= 0.6 is 24.0 Å². The van der Waals surface area contributed by atoms with Crippen molar-refractivity contribution in [2.45, 2.75) is 19.9 Å². The van der Waals surface area contributed by atoms with Crippen molar-refractivity contribution >= 4 is 51.3 Å². The Hall–Kier alpha value is -3.36. The molecule has 0 aliphatic carbocycles. The van der Waals surface area contributed by atoms with Crippen molar-refractivity contribution in [2.24, 2.45) is 0 Å². The Balaban J connectivity index is 1.66. The Morgan fingerprint density at radius 2 is 1.94 bits per heavy atom. The topological polar surface area (TPSA) is 60.5 Å². The van der Waals surface area contributed by atoms with Gasteiger partial charge in [0.2, 0.25) is 0 Å². The number of nitrogens with zero attached hydrogens (tertiary/aromatic N) is 3. The van der Waals surface area contributed by atoms with E-state index in [0.29, 0.717) is 32.0 Å². The van der Waals surface area contributed by atoms with Gasteiger partial charge in [-0.15, -0.1) is 0 Å². The minimum Gasteiger partial charge on any atom is -0.493 e. The third kappa shape index (κ3) is 3.85. The molecule has 2 aromatic heterocycles. The van der Waals surface area contributed by atoms with Gasteiger partial charge in [0.05, 0.1) is 17.7 Å². The highest BCUT2D eigenvalue weighted by molar-refractivity contribution is 8.26. The highest BCUT2D eigenvalue weighted by Crippen LogP contribution is 2.38. The Morgan fingerprint density at radius 3 is 2.64 bits per heavy atom. The van der Waals surface area contributed by atoms with E-state index >= 15 is 0 Å². The van der Waals surface area contributed by atoms with Gasteiger partial charge in [0.25, 0.3) is 5.91 Å². The minimum atomic E-state index is -0.0929. The number of fused-ring (bicyclic) bond motifs is 1. The summed E-state index contributed by atoms with van der Waals surface area (Å²) >= 11 is 6.75. The number of para-hydroxylation sites is 2. The number of hydrogen-bond donors (Lipinski definition) is 0. The SMILES string of the molecule is COc1cccc2cc(-c3nn(-c4ccccc4)cc3/C=C3\SC(=S)N(C(C)C)C3=O)oc12. The summed E-state index contributed by atoms with van der Waals surface area (Å²) in [5.41, 5.74) is 2.95. The van der Waals surface area contributed by atoms with Crippen molar-refractivity contribution in [3.63, 3.8) is 0 Å². The summed E-state index contributed by atoms with van der Waals surface area (Å²) in [5, 5.41) is 5.72. The van der Waals surface area contributed by atoms with Gasteiger partial charge in [-0.25, -0.2) is 4.68 Å². The molecule has 1 aliphatic rings. The highest BCUT2D eigenvalue weighted by Gasteiger charge is 2.34. The van der Waals surface area contributed by atoms with E-state index < -0.39 is 0 Å². The first-order chi connectivity index (χ1) is 16.0. The molecular formula is C25H21N3O3S2. The predicted octanol–water partition coefficient (Wildman–Crippen LogP) is 5.90. The first-order valence-corrected chi connectivity index (χ1v) is 11.7. The molecule has 1 saturated heterocycles. The number of furan rings is 1. The molecular weight excluding hydrogens is 454 g/mol. The van der Waals surface area contributed by atoms with Gasteiger partial charge in [0, 0.05) is 23.2 Å². The van der Waals surface area contributed by atoms with Crippen LogP contribution in [0.5, 0.6) is 5.75 Å². The van der Waals surface area contributed by atoms with E-state index in [2.05, 4.69) is 0 Å². The average molecular weight is 476 g/mol. The maximum atomic E-state index is 13.0. The molecule has 0 bridgehead atoms. The summed E-state index contributed by atoms with van der Waals surface area (Å²) in [5.74, 6) is 1.15. The van der Waals surface area contributed by atoms with Gasteiger partial charge in [-0.2, -0.15) is 5.10 Å². The minimum absolute atomic E-state index is 0.00208. The Morgan fingerprint density at radius 1 is 1.15 bits per heavy atom. The van der Waals surface area contributed by atoms with Gasteiger partial charge < -0.3 is 9.15 Å². The van der Waals surface area contributed by atoms with Crippen molar-refractivity contribution in [1.29, 1.82) is 0 Å². The van der Waals surface area contributed by atoms with E-state index in [1.54, 1.807) is 16.7 Å². The Labute approximate surface area is 200 Å². The summed E-state index contributed by atoms with van der Waals surface area (Å²) in [6.45, 7) is 3.91. The fourth-order valence-electron chi connectivity index (χ4n) is 3.78. The number of ether oxygens (including phenoxy) is 1. The smallest absolute Gasteiger partial charge is 0.266 e. The van der Waals surface area contributed by atoms with Crippen molar-refractivity contribution < 1.29 is 13.9 Å². The molecule has 166 valence electrons. The number of amides is 1. The first-order valence-electron chi connectivity index (χ1n) is 10.5. The molecule has 1 aliphatic heterocycles. The number of aromatic nitrogens is 2. The lowest BCUT2D eigenvalue weighted by Gasteiger charge is -2.18. The number of rotatable bonds is 5. The van der Waals surface area contributed by atoms with Crippen LogP contribution in [0.3, 0.4) is 0 Å². The molecule has 1 fully saturated rings. The van der Waals surface area contributed by atoms with Crippen LogP contribution in [-0.2, 0) is 4.79 Å². The summed E-state index contributed by atoms with van der Waals surface area (Å²) in [4.78, 5) is 15.2. The zero-order valence-corrected chi connectivity index (χ0v) is 19.9. The van der Waals surface area contributed by atoms with Crippen molar-refractivity contribution in [3.05, 3.63) is 71.3 Å². The van der Waals surface area contributed by atoms with E-state index in [-0.39, 0.29) is 11.9 Å². The van der Waals surface area contributed by atoms with Gasteiger partial charge >= 0.3 is 0 Å². The lowest BCUT2D eigenvalue weighted by molar-refractivity contribution is -0.123. The summed E-state index contributed by atoms with van der Waals surface area (Å²) in [7, 11) is 1.61. The summed E-state index contributed by atoms with van der Waals surface area (Å²) < 4.78 is 14.0. The van der Waals surface area contributed by atoms with Crippen molar-refractivity contribution in [3.8, 4) is 22.9 Å². The van der Waals surface area contributed by atoms with Gasteiger partial charge in [-0.1, -0.05) is 54.3 Å². The molecule has 1 amide bonds. The fraction of sp³-hybridized carbons (Fsp3) is 0.160. The van der Waals surface area contributed by atoms with Crippen LogP contribution in [-0.4, -0.2) is 38.1 Å². The van der Waals surface area contributed by atoms with Crippen LogP contribution in [0, 0.1) is 0 Å². The molecule has 4 aromatic rings. The maximum Gasteiger partial charge on any atom is 0.266 e. The lowest BCUT2D eigenvalue weighted by atomic mass is 10.1. The summed E-state index contributed by atoms with van der Waals surface area (Å²) in [6, 6.07) is 17.5. The van der Waals surface area contributed by atoms with Crippen LogP contribution in [0.4, 0.5) is 0 Å². The quantitative estimate of drug-likeness (QED) is 0.264. The standard InChI is InChI=1S/C25H21N3O3S2/c1-15(2)28-24(29)21(33-25(28)32)13-17-14-27(18-9-5-4-6-10-18)26-22(17)20-12-16-8-7-11-19(30-3)23(16)31-20/h4-15H,1-3H3/b21-13-. The second kappa shape index (κ2) is 8.53. The molecule has 0 N–H and O–H groups in total. The largest absolute Gasteiger partial charge is 0.493 e. The first kappa shape index (κ1) is 21.5. The molecule has 33 heavy (non-hydrogen) atoms. The molecule has 3 heterocycles. The second-order valence-electron chi connectivity index (χ2n) is 7.85. The summed E-state index contributed by atoms with van der Waals surface area (Å²) in [6.07, 6.45) is 3.74. The normalized spacial score (nSPS) is 15.4. The van der Waals surface area contributed by atoms with Gasteiger partial charge in [-0.05, 0) is 44.2 Å². The molecule has 5 rings (SSSR count). The van der Waals surface area contributed by atoms with Crippen LogP contribution in [0.2, 0.25) is 0 Å². The predicted molar refractivity (Wildman–Crippen MR) is 135 cm³/mol. The highest BCUT2D eigenvalue weighted by atomic mass is 32.2. The maximum absolute atomic E-state index is 13.0. The number of thioether (sulfide) groups is 1. The molecule has 0 saturated carbocycles. The molecule has 0 atom stereocenters. The molecule has 2 aromatic carbocycles. The number of methoxy groups -OCH3 is 1. The van der Waals surface area contributed by atoms with E-state index in [4.69, 9.17) is 26.5 Å². The zero-order chi connectivity index (χ0) is 23.1. The molecule has 0 radical (unpaired) electrons. The van der Waals surface area contributed by atoms with Crippen LogP contribution in [0.25, 0.3) is 34.2 Å². The third-order valence-electron chi connectivity index (χ3n) is 5.35. The van der Waals surface area contributed by atoms with Gasteiger partial charge in [-0.3, -0.25) is 9.69 Å². The van der Waals surface area contributed by atoms with Gasteiger partial charge in [0.1, 0.15) is 10.0 Å². The second-order valence-corrected chi connectivity index (χ2v) is 9.52. The van der Waals surface area contributed by atoms with E-state index in [1.165, 1.54) is 11.8 Å². The zero-order valence-electron chi connectivity index (χ0n) is 18.3. The molecule has 8 heteroatoms. The molecule has 0 spiro atoms. The number of benzene rings is 2. The van der Waals surface area contributed by atoms with Crippen LogP contribution in [0.1, 0.15) is 19.4 Å². The molecule has 6 nitrogen and oxygen atoms in total. The average Bonchev–Trinajstić information content (AvgIpc) is 3.49. The van der Waals surface area contributed by atoms with Crippen LogP contribution in [0.15, 0.2) is 70.1 Å². The number of hydrogen-bond acceptors (Lipinski definition) is 6. The number of carbonyl (C=O) groups excluding carboxylic acids is 1. The lowest BCUT2D eigenvalue weighted by Crippen LogP contribution is -2.34. The Kier molecular flexibility index (Phi) is 5.55. The molecule has 0 unspecified atom stereocenters. The van der Waals surface area contributed by atoms with Crippen LogP contribution < -0.4 is 4.74 Å². The third-order valence-corrected chi connectivity index (χ3v) is 6.68. The number of carbonyl (C=O) groups is 1. The van der Waals surface area contributed by atoms with Crippen molar-refractivity contribution in [2.75, 3.05) is 7.11 Å².